The van der Waals surface area contributed by atoms with Crippen LogP contribution in [0.2, 0.25) is 0 Å². The molecule has 1 heterocycles. The van der Waals surface area contributed by atoms with Gasteiger partial charge in [-0.1, -0.05) is 17.7 Å². The maximum Gasteiger partial charge on any atom is 0.233 e. The molecule has 1 aliphatic rings. The van der Waals surface area contributed by atoms with Gasteiger partial charge in [0.25, 0.3) is 0 Å². The van der Waals surface area contributed by atoms with E-state index in [-0.39, 0.29) is 11.7 Å². The van der Waals surface area contributed by atoms with Crippen LogP contribution in [0.15, 0.2) is 12.1 Å². The minimum Gasteiger partial charge on any atom is -0.317 e. The lowest BCUT2D eigenvalue weighted by Crippen LogP contribution is -2.33. The van der Waals surface area contributed by atoms with E-state index in [9.17, 15) is 8.42 Å². The first-order valence-electron chi connectivity index (χ1n) is 7.16. The number of aryl methyl sites for hydroxylation is 3. The van der Waals surface area contributed by atoms with Crippen LogP contribution in [-0.4, -0.2) is 27.3 Å². The fourth-order valence-electron chi connectivity index (χ4n) is 2.90. The molecule has 0 atom stereocenters. The van der Waals surface area contributed by atoms with E-state index in [2.05, 4.69) is 10.0 Å². The summed E-state index contributed by atoms with van der Waals surface area (Å²) in [5.74, 6) is 0.487. The minimum absolute atomic E-state index is 0.224. The maximum absolute atomic E-state index is 12.3. The Labute approximate surface area is 122 Å². The van der Waals surface area contributed by atoms with Crippen LogP contribution in [-0.2, 0) is 10.0 Å². The zero-order chi connectivity index (χ0) is 14.8. The monoisotopic (exact) mass is 296 g/mol. The zero-order valence-electron chi connectivity index (χ0n) is 12.5. The molecule has 4 nitrogen and oxygen atoms in total. The molecule has 5 heteroatoms. The van der Waals surface area contributed by atoms with Crippen LogP contribution in [0.4, 0.5) is 5.69 Å². The lowest BCUT2D eigenvalue weighted by atomic mass is 10.0. The normalized spacial score (nSPS) is 17.1. The zero-order valence-corrected chi connectivity index (χ0v) is 13.3. The lowest BCUT2D eigenvalue weighted by Gasteiger charge is -2.23. The largest absolute Gasteiger partial charge is 0.317 e. The van der Waals surface area contributed by atoms with Crippen molar-refractivity contribution in [1.29, 1.82) is 0 Å². The fourth-order valence-corrected chi connectivity index (χ4v) is 4.57. The van der Waals surface area contributed by atoms with Crippen molar-refractivity contribution in [3.8, 4) is 0 Å². The van der Waals surface area contributed by atoms with E-state index >= 15 is 0 Å². The number of hydrogen-bond donors (Lipinski definition) is 2. The standard InChI is InChI=1S/C15H24N2O2S/c1-11-8-12(2)15(13(3)9-11)17-20(18,19)10-14-4-6-16-7-5-14/h8-9,14,16-17H,4-7,10H2,1-3H3. The van der Waals surface area contributed by atoms with Crippen molar-refractivity contribution in [2.24, 2.45) is 5.92 Å². The molecule has 1 fully saturated rings. The average Bonchev–Trinajstić information content (AvgIpc) is 2.34. The predicted molar refractivity (Wildman–Crippen MR) is 83.7 cm³/mol. The number of piperidine rings is 1. The Hall–Kier alpha value is -1.07. The Morgan fingerprint density at radius 3 is 2.25 bits per heavy atom. The molecule has 0 aliphatic carbocycles. The predicted octanol–water partition coefficient (Wildman–Crippen LogP) is 2.35. The molecule has 1 saturated heterocycles. The summed E-state index contributed by atoms with van der Waals surface area (Å²) in [6, 6.07) is 4.02. The van der Waals surface area contributed by atoms with Crippen LogP contribution in [0.3, 0.4) is 0 Å². The van der Waals surface area contributed by atoms with Gasteiger partial charge in [0.05, 0.1) is 11.4 Å². The smallest absolute Gasteiger partial charge is 0.233 e. The second-order valence-corrected chi connectivity index (χ2v) is 7.62. The van der Waals surface area contributed by atoms with Gasteiger partial charge in [-0.15, -0.1) is 0 Å². The first-order chi connectivity index (χ1) is 9.37. The van der Waals surface area contributed by atoms with Crippen LogP contribution >= 0.6 is 0 Å². The molecule has 0 radical (unpaired) electrons. The number of rotatable bonds is 4. The molecule has 0 saturated carbocycles. The molecular formula is C15H24N2O2S. The highest BCUT2D eigenvalue weighted by molar-refractivity contribution is 7.92. The van der Waals surface area contributed by atoms with Crippen LogP contribution < -0.4 is 10.0 Å². The SMILES string of the molecule is Cc1cc(C)c(NS(=O)(=O)CC2CCNCC2)c(C)c1. The van der Waals surface area contributed by atoms with Crippen LogP contribution in [0.1, 0.15) is 29.5 Å². The average molecular weight is 296 g/mol. The Balaban J connectivity index is 2.11. The van der Waals surface area contributed by atoms with Gasteiger partial charge in [0.15, 0.2) is 0 Å². The van der Waals surface area contributed by atoms with E-state index in [0.29, 0.717) is 0 Å². The van der Waals surface area contributed by atoms with Crippen molar-refractivity contribution < 1.29 is 8.42 Å². The van der Waals surface area contributed by atoms with Gasteiger partial charge in [0.2, 0.25) is 10.0 Å². The lowest BCUT2D eigenvalue weighted by molar-refractivity contribution is 0.402. The molecule has 1 aromatic rings. The Morgan fingerprint density at radius 1 is 1.15 bits per heavy atom. The molecule has 0 aromatic heterocycles. The minimum atomic E-state index is -3.27. The summed E-state index contributed by atoms with van der Waals surface area (Å²) in [5, 5.41) is 3.26. The third-order valence-corrected chi connectivity index (χ3v) is 5.27. The molecular weight excluding hydrogens is 272 g/mol. The number of nitrogens with one attached hydrogen (secondary N) is 2. The first-order valence-corrected chi connectivity index (χ1v) is 8.81. The molecule has 1 aliphatic heterocycles. The van der Waals surface area contributed by atoms with E-state index in [4.69, 9.17) is 0 Å². The van der Waals surface area contributed by atoms with E-state index in [1.54, 1.807) is 0 Å². The summed E-state index contributed by atoms with van der Waals surface area (Å²) in [4.78, 5) is 0. The molecule has 0 unspecified atom stereocenters. The van der Waals surface area contributed by atoms with Crippen LogP contribution in [0.5, 0.6) is 0 Å². The Bertz CT molecular complexity index is 553. The number of benzene rings is 1. The number of sulfonamides is 1. The van der Waals surface area contributed by atoms with Crippen LogP contribution in [0, 0.1) is 26.7 Å². The van der Waals surface area contributed by atoms with Crippen molar-refractivity contribution in [1.82, 2.24) is 5.32 Å². The Morgan fingerprint density at radius 2 is 1.70 bits per heavy atom. The van der Waals surface area contributed by atoms with Crippen molar-refractivity contribution >= 4 is 15.7 Å². The second kappa shape index (κ2) is 6.14. The van der Waals surface area contributed by atoms with Gasteiger partial charge in [0.1, 0.15) is 0 Å². The molecule has 0 spiro atoms. The highest BCUT2D eigenvalue weighted by atomic mass is 32.2. The van der Waals surface area contributed by atoms with Crippen molar-refractivity contribution in [3.63, 3.8) is 0 Å². The summed E-state index contributed by atoms with van der Waals surface area (Å²) in [6.07, 6.45) is 1.87. The highest BCUT2D eigenvalue weighted by Crippen LogP contribution is 2.24. The van der Waals surface area contributed by atoms with Gasteiger partial charge >= 0.3 is 0 Å². The van der Waals surface area contributed by atoms with E-state index in [1.165, 1.54) is 0 Å². The summed E-state index contributed by atoms with van der Waals surface area (Å²) in [5.41, 5.74) is 3.86. The molecule has 0 amide bonds. The van der Waals surface area contributed by atoms with Gasteiger partial charge in [-0.2, -0.15) is 0 Å². The molecule has 2 N–H and O–H groups in total. The van der Waals surface area contributed by atoms with Gasteiger partial charge in [-0.05, 0) is 63.7 Å². The molecule has 20 heavy (non-hydrogen) atoms. The summed E-state index contributed by atoms with van der Waals surface area (Å²) < 4.78 is 27.4. The van der Waals surface area contributed by atoms with Crippen molar-refractivity contribution in [3.05, 3.63) is 28.8 Å². The van der Waals surface area contributed by atoms with Gasteiger partial charge < -0.3 is 5.32 Å². The molecule has 2 rings (SSSR count). The van der Waals surface area contributed by atoms with Gasteiger partial charge in [0, 0.05) is 0 Å². The Kier molecular flexibility index (Phi) is 4.70. The third kappa shape index (κ3) is 3.96. The van der Waals surface area contributed by atoms with E-state index in [1.807, 2.05) is 32.9 Å². The molecule has 0 bridgehead atoms. The van der Waals surface area contributed by atoms with Crippen LogP contribution in [0.25, 0.3) is 0 Å². The van der Waals surface area contributed by atoms with Crippen molar-refractivity contribution in [2.75, 3.05) is 23.6 Å². The van der Waals surface area contributed by atoms with Crippen molar-refractivity contribution in [2.45, 2.75) is 33.6 Å². The topological polar surface area (TPSA) is 58.2 Å². The fraction of sp³-hybridized carbons (Fsp3) is 0.600. The van der Waals surface area contributed by atoms with E-state index in [0.717, 1.165) is 48.3 Å². The summed E-state index contributed by atoms with van der Waals surface area (Å²) >= 11 is 0. The second-order valence-electron chi connectivity index (χ2n) is 5.85. The van der Waals surface area contributed by atoms with E-state index < -0.39 is 10.0 Å². The molecule has 112 valence electrons. The number of hydrogen-bond acceptors (Lipinski definition) is 3. The quantitative estimate of drug-likeness (QED) is 0.896. The molecule has 1 aromatic carbocycles. The number of anilines is 1. The van der Waals surface area contributed by atoms with Gasteiger partial charge in [-0.3, -0.25) is 4.72 Å². The third-order valence-electron chi connectivity index (χ3n) is 3.85. The van der Waals surface area contributed by atoms with Gasteiger partial charge in [-0.25, -0.2) is 8.42 Å². The summed E-state index contributed by atoms with van der Waals surface area (Å²) in [6.45, 7) is 7.75. The highest BCUT2D eigenvalue weighted by Gasteiger charge is 2.22. The summed E-state index contributed by atoms with van der Waals surface area (Å²) in [7, 11) is -3.27. The first kappa shape index (κ1) is 15.3. The maximum atomic E-state index is 12.3.